The Bertz CT molecular complexity index is 1720. The summed E-state index contributed by atoms with van der Waals surface area (Å²) < 4.78 is 74.9. The van der Waals surface area contributed by atoms with Gasteiger partial charge in [-0.2, -0.15) is 0 Å². The van der Waals surface area contributed by atoms with E-state index >= 15 is 0 Å². The number of fused-ring (bicyclic) bond motifs is 1. The van der Waals surface area contributed by atoms with Crippen LogP contribution in [0.2, 0.25) is 0 Å². The van der Waals surface area contributed by atoms with Crippen LogP contribution in [0.4, 0.5) is 0 Å². The van der Waals surface area contributed by atoms with Crippen molar-refractivity contribution in [3.63, 3.8) is 0 Å². The summed E-state index contributed by atoms with van der Waals surface area (Å²) in [5, 5.41) is 12.2. The molecule has 7 rings (SSSR count). The predicted molar refractivity (Wildman–Crippen MR) is 198 cm³/mol. The summed E-state index contributed by atoms with van der Waals surface area (Å²) in [6.45, 7) is 14.0. The van der Waals surface area contributed by atoms with Crippen molar-refractivity contribution >= 4 is 11.9 Å². The number of aliphatic hydroxyl groups is 1. The molecular formula is C42H54O15. The second-order valence-corrected chi connectivity index (χ2v) is 16.3. The molecule has 0 saturated carbocycles. The molecule has 0 unspecified atom stereocenters. The van der Waals surface area contributed by atoms with Gasteiger partial charge in [-0.05, 0) is 52.7 Å². The van der Waals surface area contributed by atoms with Gasteiger partial charge in [-0.25, -0.2) is 9.59 Å². The largest absolute Gasteiger partial charge is 0.457 e. The molecule has 0 bridgehead atoms. The highest BCUT2D eigenvalue weighted by molar-refractivity contribution is 5.79. The molecule has 0 radical (unpaired) electrons. The van der Waals surface area contributed by atoms with Crippen LogP contribution in [0.1, 0.15) is 65.5 Å². The molecule has 0 spiro atoms. The number of carbonyl (C=O) groups is 2. The van der Waals surface area contributed by atoms with Gasteiger partial charge in [-0.1, -0.05) is 66.7 Å². The van der Waals surface area contributed by atoms with Crippen molar-refractivity contribution in [1.82, 2.24) is 0 Å². The average molecular weight is 799 g/mol. The van der Waals surface area contributed by atoms with Crippen LogP contribution >= 0.6 is 0 Å². The normalized spacial score (nSPS) is 36.6. The highest BCUT2D eigenvalue weighted by Crippen LogP contribution is 2.47. The Morgan fingerprint density at radius 2 is 1.16 bits per heavy atom. The zero-order valence-corrected chi connectivity index (χ0v) is 33.3. The van der Waals surface area contributed by atoms with Gasteiger partial charge in [0.1, 0.15) is 49.8 Å². The zero-order chi connectivity index (χ0) is 40.6. The summed E-state index contributed by atoms with van der Waals surface area (Å²) in [5.41, 5.74) is 1.44. The van der Waals surface area contributed by atoms with Crippen LogP contribution in [0.3, 0.4) is 0 Å². The first-order chi connectivity index (χ1) is 27.0. The average Bonchev–Trinajstić information content (AvgIpc) is 3.84. The standard InChI is InChI=1S/C42H54O15/c1-8-19-48-41(36(44)46-22-26-15-11-9-12-16-26)20-28(32(43)33(56-41)30-24-49-38(2,3)52-30)54-42(37(45)47-23-27-17-13-10-14-18-27)21-29-34(55-40(6,7)51-29)35(57-42)31-25-50-39(4,5)53-31/h8-18,28-35,43H,1,19-25H2,2-7H3/t28-,29-,30-,31-,32-,33-,34-,35-,41-,42-/m1/s1. The highest BCUT2D eigenvalue weighted by atomic mass is 16.8. The van der Waals surface area contributed by atoms with E-state index < -0.39 is 96.1 Å². The number of rotatable bonds is 13. The van der Waals surface area contributed by atoms with Gasteiger partial charge in [0.15, 0.2) is 17.4 Å². The van der Waals surface area contributed by atoms with Gasteiger partial charge in [0.2, 0.25) is 0 Å². The van der Waals surface area contributed by atoms with E-state index in [1.807, 2.05) is 60.7 Å². The molecular weight excluding hydrogens is 744 g/mol. The van der Waals surface area contributed by atoms with E-state index in [9.17, 15) is 14.7 Å². The fourth-order valence-corrected chi connectivity index (χ4v) is 7.93. The lowest BCUT2D eigenvalue weighted by atomic mass is 9.89. The Labute approximate surface area is 332 Å². The molecule has 5 fully saturated rings. The number of esters is 2. The monoisotopic (exact) mass is 798 g/mol. The number of hydrogen-bond donors (Lipinski definition) is 1. The second-order valence-electron chi connectivity index (χ2n) is 16.3. The number of ether oxygens (including phenoxy) is 12. The quantitative estimate of drug-likeness (QED) is 0.226. The first-order valence-electron chi connectivity index (χ1n) is 19.4. The molecule has 5 heterocycles. The smallest absolute Gasteiger partial charge is 0.367 e. The molecule has 10 atom stereocenters. The molecule has 0 aliphatic carbocycles. The lowest BCUT2D eigenvalue weighted by Gasteiger charge is -2.50. The number of hydrogen-bond acceptors (Lipinski definition) is 15. The maximum atomic E-state index is 14.7. The van der Waals surface area contributed by atoms with E-state index in [1.165, 1.54) is 6.08 Å². The van der Waals surface area contributed by atoms with Gasteiger partial charge in [-0.3, -0.25) is 0 Å². The van der Waals surface area contributed by atoms with E-state index in [0.717, 1.165) is 5.56 Å². The van der Waals surface area contributed by atoms with E-state index in [1.54, 1.807) is 41.5 Å². The van der Waals surface area contributed by atoms with E-state index in [-0.39, 0.29) is 39.5 Å². The summed E-state index contributed by atoms with van der Waals surface area (Å²) in [5.74, 6) is -9.30. The molecule has 5 saturated heterocycles. The van der Waals surface area contributed by atoms with Crippen molar-refractivity contribution in [2.75, 3.05) is 19.8 Å². The summed E-state index contributed by atoms with van der Waals surface area (Å²) in [6, 6.07) is 18.2. The van der Waals surface area contributed by atoms with Crippen LogP contribution in [0.5, 0.6) is 0 Å². The van der Waals surface area contributed by atoms with E-state index in [0.29, 0.717) is 5.56 Å². The Morgan fingerprint density at radius 1 is 0.667 bits per heavy atom. The first-order valence-corrected chi connectivity index (χ1v) is 19.4. The van der Waals surface area contributed by atoms with E-state index in [4.69, 9.17) is 56.8 Å². The fourth-order valence-electron chi connectivity index (χ4n) is 7.93. The zero-order valence-electron chi connectivity index (χ0n) is 33.3. The van der Waals surface area contributed by atoms with Gasteiger partial charge < -0.3 is 61.9 Å². The van der Waals surface area contributed by atoms with Crippen LogP contribution in [0.25, 0.3) is 0 Å². The summed E-state index contributed by atoms with van der Waals surface area (Å²) in [7, 11) is 0. The van der Waals surface area contributed by atoms with Crippen LogP contribution in [0, 0.1) is 0 Å². The lowest BCUT2D eigenvalue weighted by molar-refractivity contribution is -0.370. The van der Waals surface area contributed by atoms with Crippen molar-refractivity contribution in [2.24, 2.45) is 0 Å². The number of aliphatic hydroxyl groups excluding tert-OH is 1. The molecule has 0 aromatic heterocycles. The second kappa shape index (κ2) is 16.4. The third-order valence-electron chi connectivity index (χ3n) is 10.5. The number of carbonyl (C=O) groups excluding carboxylic acids is 2. The molecule has 0 amide bonds. The number of benzene rings is 2. The van der Waals surface area contributed by atoms with Gasteiger partial charge >= 0.3 is 11.9 Å². The predicted octanol–water partition coefficient (Wildman–Crippen LogP) is 4.22. The SMILES string of the molecule is C=CCO[C@]1(C(=O)OCc2ccccc2)C[C@@H](O[C@]2(C(=O)OCc3ccccc3)C[C@H]3OC(C)(C)O[C@H]3[C@@H]([C@H]3COC(C)(C)O3)O2)[C@@H](O)[C@@H]([C@H]2COC(C)(C)O2)O1. The van der Waals surface area contributed by atoms with Crippen molar-refractivity contribution in [1.29, 1.82) is 0 Å². The molecule has 1 N–H and O–H groups in total. The van der Waals surface area contributed by atoms with Gasteiger partial charge in [0, 0.05) is 12.8 Å². The molecule has 2 aromatic rings. The van der Waals surface area contributed by atoms with Crippen LogP contribution in [-0.4, -0.2) is 115 Å². The molecule has 2 aromatic carbocycles. The van der Waals surface area contributed by atoms with Crippen molar-refractivity contribution in [2.45, 2.75) is 145 Å². The Balaban J connectivity index is 1.27. The Kier molecular flexibility index (Phi) is 12.0. The molecule has 15 nitrogen and oxygen atoms in total. The van der Waals surface area contributed by atoms with E-state index in [2.05, 4.69) is 6.58 Å². The minimum Gasteiger partial charge on any atom is -0.457 e. The third-order valence-corrected chi connectivity index (χ3v) is 10.5. The lowest BCUT2D eigenvalue weighted by Crippen LogP contribution is -2.68. The summed E-state index contributed by atoms with van der Waals surface area (Å²) >= 11 is 0. The molecule has 57 heavy (non-hydrogen) atoms. The topological polar surface area (TPSA) is 165 Å². The molecule has 5 aliphatic rings. The summed E-state index contributed by atoms with van der Waals surface area (Å²) in [6.07, 6.45) is -7.52. The van der Waals surface area contributed by atoms with Crippen LogP contribution in [0.15, 0.2) is 73.3 Å². The van der Waals surface area contributed by atoms with Crippen molar-refractivity contribution in [3.8, 4) is 0 Å². The highest BCUT2D eigenvalue weighted by Gasteiger charge is 2.65. The molecule has 312 valence electrons. The van der Waals surface area contributed by atoms with Crippen molar-refractivity contribution in [3.05, 3.63) is 84.4 Å². The maximum absolute atomic E-state index is 14.7. The first kappa shape index (κ1) is 41.8. The van der Waals surface area contributed by atoms with Gasteiger partial charge in [0.05, 0.1) is 32.0 Å². The van der Waals surface area contributed by atoms with Crippen molar-refractivity contribution < 1.29 is 71.5 Å². The maximum Gasteiger partial charge on any atom is 0.367 e. The molecule has 15 heteroatoms. The minimum atomic E-state index is -2.25. The Morgan fingerprint density at radius 3 is 1.68 bits per heavy atom. The third kappa shape index (κ3) is 9.29. The minimum absolute atomic E-state index is 0.000296. The van der Waals surface area contributed by atoms with Gasteiger partial charge in [0.25, 0.3) is 11.6 Å². The Hall–Kier alpha value is -3.32. The van der Waals surface area contributed by atoms with Crippen LogP contribution < -0.4 is 0 Å². The summed E-state index contributed by atoms with van der Waals surface area (Å²) in [4.78, 5) is 29.0. The van der Waals surface area contributed by atoms with Crippen LogP contribution in [-0.2, 0) is 79.6 Å². The van der Waals surface area contributed by atoms with Gasteiger partial charge in [-0.15, -0.1) is 6.58 Å². The fraction of sp³-hybridized carbons (Fsp3) is 0.619. The molecule has 5 aliphatic heterocycles.